The molecule has 0 saturated carbocycles. The van der Waals surface area contributed by atoms with Gasteiger partial charge in [-0.05, 0) is 49.2 Å². The summed E-state index contributed by atoms with van der Waals surface area (Å²) in [6.45, 7) is 6.28. The Kier molecular flexibility index (Phi) is 6.32. The van der Waals surface area contributed by atoms with Gasteiger partial charge in [0.1, 0.15) is 0 Å². The molecule has 3 rings (SSSR count). The molecule has 1 aliphatic rings. The van der Waals surface area contributed by atoms with Gasteiger partial charge < -0.3 is 10.2 Å². The number of carbonyl (C=O) groups is 1. The van der Waals surface area contributed by atoms with Crippen LogP contribution in [0.25, 0.3) is 0 Å². The van der Waals surface area contributed by atoms with Crippen LogP contribution in [-0.4, -0.2) is 43.5 Å². The molecule has 1 amide bonds. The van der Waals surface area contributed by atoms with Crippen molar-refractivity contribution < 1.29 is 18.0 Å². The molecule has 2 aromatic carbocycles. The van der Waals surface area contributed by atoms with Crippen molar-refractivity contribution in [3.8, 4) is 6.07 Å². The van der Waals surface area contributed by atoms with Crippen molar-refractivity contribution in [3.63, 3.8) is 0 Å². The third kappa shape index (κ3) is 4.92. The maximum atomic E-state index is 13.2. The van der Waals surface area contributed by atoms with E-state index in [4.69, 9.17) is 5.26 Å². The van der Waals surface area contributed by atoms with Crippen LogP contribution in [0.2, 0.25) is 0 Å². The predicted octanol–water partition coefficient (Wildman–Crippen LogP) is 3.95. The van der Waals surface area contributed by atoms with Crippen molar-refractivity contribution in [2.45, 2.75) is 20.0 Å². The number of rotatable bonds is 4. The lowest BCUT2D eigenvalue weighted by Crippen LogP contribution is -2.48. The molecule has 1 saturated heterocycles. The van der Waals surface area contributed by atoms with Crippen molar-refractivity contribution in [1.29, 1.82) is 5.26 Å². The summed E-state index contributed by atoms with van der Waals surface area (Å²) in [5.41, 5.74) is 2.04. The van der Waals surface area contributed by atoms with Crippen molar-refractivity contribution in [3.05, 3.63) is 58.7 Å². The molecule has 0 aliphatic carbocycles. The molecular weight excluding hydrogens is 393 g/mol. The maximum absolute atomic E-state index is 13.2. The highest BCUT2D eigenvalue weighted by molar-refractivity contribution is 5.93. The molecule has 0 spiro atoms. The summed E-state index contributed by atoms with van der Waals surface area (Å²) in [6.07, 6.45) is -4.57. The van der Waals surface area contributed by atoms with Gasteiger partial charge in [-0.15, -0.1) is 0 Å². The smallest absolute Gasteiger partial charge is 0.369 e. The van der Waals surface area contributed by atoms with E-state index in [0.717, 1.165) is 22.9 Å². The molecular formula is C22H23F3N4O. The molecule has 0 radical (unpaired) electrons. The molecule has 30 heavy (non-hydrogen) atoms. The van der Waals surface area contributed by atoms with E-state index in [-0.39, 0.29) is 18.0 Å². The number of alkyl halides is 3. The molecule has 8 heteroatoms. The Morgan fingerprint density at radius 1 is 1.13 bits per heavy atom. The van der Waals surface area contributed by atoms with Gasteiger partial charge in [-0.25, -0.2) is 0 Å². The number of nitrogens with one attached hydrogen (secondary N) is 1. The standard InChI is InChI=1S/C22H23F3N4O/c1-15-4-3-5-20(16(15)2)27-21(30)14-28-8-10-29(11-9-28)18-7-6-17(13-26)19(12-18)22(23,24)25/h3-7,12H,8-11,14H2,1-2H3,(H,27,30). The van der Waals surface area contributed by atoms with Crippen LogP contribution in [0.5, 0.6) is 0 Å². The fraction of sp³-hybridized carbons (Fsp3) is 0.364. The predicted molar refractivity (Wildman–Crippen MR) is 109 cm³/mol. The zero-order valence-electron chi connectivity index (χ0n) is 16.9. The van der Waals surface area contributed by atoms with Gasteiger partial charge in [-0.3, -0.25) is 9.69 Å². The van der Waals surface area contributed by atoms with Gasteiger partial charge in [-0.1, -0.05) is 12.1 Å². The van der Waals surface area contributed by atoms with Crippen LogP contribution in [0.4, 0.5) is 24.5 Å². The van der Waals surface area contributed by atoms with Crippen LogP contribution in [-0.2, 0) is 11.0 Å². The maximum Gasteiger partial charge on any atom is 0.417 e. The number of aryl methyl sites for hydroxylation is 1. The van der Waals surface area contributed by atoms with Crippen molar-refractivity contribution in [1.82, 2.24) is 4.90 Å². The van der Waals surface area contributed by atoms with E-state index >= 15 is 0 Å². The van der Waals surface area contributed by atoms with Crippen LogP contribution >= 0.6 is 0 Å². The van der Waals surface area contributed by atoms with E-state index in [1.165, 1.54) is 12.1 Å². The van der Waals surface area contributed by atoms with E-state index in [9.17, 15) is 18.0 Å². The average Bonchev–Trinajstić information content (AvgIpc) is 2.71. The van der Waals surface area contributed by atoms with Gasteiger partial charge in [0.15, 0.2) is 0 Å². The SMILES string of the molecule is Cc1cccc(NC(=O)CN2CCN(c3ccc(C#N)c(C(F)(F)F)c3)CC2)c1C. The second-order valence-corrected chi connectivity index (χ2v) is 7.40. The highest BCUT2D eigenvalue weighted by Crippen LogP contribution is 2.34. The molecule has 158 valence electrons. The summed E-state index contributed by atoms with van der Waals surface area (Å²) in [6, 6.07) is 11.1. The zero-order valence-corrected chi connectivity index (χ0v) is 16.9. The number of hydrogen-bond acceptors (Lipinski definition) is 4. The van der Waals surface area contributed by atoms with Crippen LogP contribution in [0.3, 0.4) is 0 Å². The van der Waals surface area contributed by atoms with Crippen molar-refractivity contribution in [2.24, 2.45) is 0 Å². The summed E-state index contributed by atoms with van der Waals surface area (Å²) in [5, 5.41) is 11.9. The fourth-order valence-electron chi connectivity index (χ4n) is 3.50. The molecule has 5 nitrogen and oxygen atoms in total. The lowest BCUT2D eigenvalue weighted by Gasteiger charge is -2.36. The molecule has 1 heterocycles. The van der Waals surface area contributed by atoms with Crippen LogP contribution in [0.15, 0.2) is 36.4 Å². The minimum Gasteiger partial charge on any atom is -0.369 e. The Morgan fingerprint density at radius 2 is 1.83 bits per heavy atom. The highest BCUT2D eigenvalue weighted by Gasteiger charge is 2.34. The van der Waals surface area contributed by atoms with Crippen molar-refractivity contribution in [2.75, 3.05) is 42.9 Å². The summed E-state index contributed by atoms with van der Waals surface area (Å²) in [5.74, 6) is -0.116. The number of nitrogens with zero attached hydrogens (tertiary/aromatic N) is 3. The van der Waals surface area contributed by atoms with Gasteiger partial charge >= 0.3 is 6.18 Å². The summed E-state index contributed by atoms with van der Waals surface area (Å²) in [4.78, 5) is 16.2. The first-order valence-corrected chi connectivity index (χ1v) is 9.64. The molecule has 1 fully saturated rings. The minimum atomic E-state index is -4.57. The fourth-order valence-corrected chi connectivity index (χ4v) is 3.50. The first kappa shape index (κ1) is 21.7. The summed E-state index contributed by atoms with van der Waals surface area (Å²) >= 11 is 0. The summed E-state index contributed by atoms with van der Waals surface area (Å²) < 4.78 is 39.6. The van der Waals surface area contributed by atoms with Gasteiger partial charge in [0.05, 0.1) is 23.7 Å². The number of carbonyl (C=O) groups excluding carboxylic acids is 1. The quantitative estimate of drug-likeness (QED) is 0.820. The number of piperazine rings is 1. The van der Waals surface area contributed by atoms with Crippen molar-refractivity contribution >= 4 is 17.3 Å². The normalized spacial score (nSPS) is 15.0. The van der Waals surface area contributed by atoms with E-state index in [1.807, 2.05) is 41.8 Å². The number of nitriles is 1. The van der Waals surface area contributed by atoms with E-state index < -0.39 is 11.7 Å². The molecule has 2 aromatic rings. The van der Waals surface area contributed by atoms with Gasteiger partial charge in [0.2, 0.25) is 5.91 Å². The summed E-state index contributed by atoms with van der Waals surface area (Å²) in [7, 11) is 0. The van der Waals surface area contributed by atoms with Crippen LogP contribution < -0.4 is 10.2 Å². The van der Waals surface area contributed by atoms with E-state index in [1.54, 1.807) is 6.07 Å². The number of amides is 1. The molecule has 0 unspecified atom stereocenters. The lowest BCUT2D eigenvalue weighted by atomic mass is 10.1. The van der Waals surface area contributed by atoms with Crippen LogP contribution in [0.1, 0.15) is 22.3 Å². The number of hydrogen-bond donors (Lipinski definition) is 1. The first-order chi connectivity index (χ1) is 14.2. The van der Waals surface area contributed by atoms with Gasteiger partial charge in [0, 0.05) is 37.6 Å². The number of benzene rings is 2. The minimum absolute atomic E-state index is 0.116. The molecule has 0 bridgehead atoms. The van der Waals surface area contributed by atoms with E-state index in [0.29, 0.717) is 31.9 Å². The van der Waals surface area contributed by atoms with E-state index in [2.05, 4.69) is 5.32 Å². The second-order valence-electron chi connectivity index (χ2n) is 7.40. The third-order valence-electron chi connectivity index (χ3n) is 5.41. The highest BCUT2D eigenvalue weighted by atomic mass is 19.4. The average molecular weight is 416 g/mol. The molecule has 1 aliphatic heterocycles. The first-order valence-electron chi connectivity index (χ1n) is 9.64. The Labute approximate surface area is 173 Å². The van der Waals surface area contributed by atoms with Crippen LogP contribution in [0, 0.1) is 25.2 Å². The Hall–Kier alpha value is -3.05. The monoisotopic (exact) mass is 416 g/mol. The molecule has 0 aromatic heterocycles. The largest absolute Gasteiger partial charge is 0.417 e. The topological polar surface area (TPSA) is 59.4 Å². The Bertz CT molecular complexity index is 973. The number of halogens is 3. The van der Waals surface area contributed by atoms with Gasteiger partial charge in [-0.2, -0.15) is 18.4 Å². The Balaban J connectivity index is 1.59. The zero-order chi connectivity index (χ0) is 21.9. The Morgan fingerprint density at radius 3 is 2.47 bits per heavy atom. The molecule has 1 N–H and O–H groups in total. The number of anilines is 2. The third-order valence-corrected chi connectivity index (χ3v) is 5.41. The van der Waals surface area contributed by atoms with Gasteiger partial charge in [0.25, 0.3) is 0 Å². The second kappa shape index (κ2) is 8.76. The lowest BCUT2D eigenvalue weighted by molar-refractivity contribution is -0.137. The molecule has 0 atom stereocenters.